The molecule has 3 aromatic heterocycles. The van der Waals surface area contributed by atoms with E-state index in [1.807, 2.05) is 50.2 Å². The zero-order valence-corrected chi connectivity index (χ0v) is 16.8. The first kappa shape index (κ1) is 17.6. The van der Waals surface area contributed by atoms with Crippen LogP contribution in [-0.4, -0.2) is 26.3 Å². The van der Waals surface area contributed by atoms with E-state index in [1.165, 1.54) is 4.70 Å². The molecule has 0 unspecified atom stereocenters. The van der Waals surface area contributed by atoms with Gasteiger partial charge in [-0.25, -0.2) is 4.98 Å². The summed E-state index contributed by atoms with van der Waals surface area (Å²) in [6.45, 7) is 4.04. The predicted molar refractivity (Wildman–Crippen MR) is 118 cm³/mol. The zero-order valence-electron chi connectivity index (χ0n) is 16.0. The maximum Gasteiger partial charge on any atom is 0.163 e. The largest absolute Gasteiger partial charge is 0.491 e. The fraction of sp³-hybridized carbons (Fsp3) is 0.136. The summed E-state index contributed by atoms with van der Waals surface area (Å²) in [5, 5.41) is 15.9. The Bertz CT molecular complexity index is 1280. The van der Waals surface area contributed by atoms with Crippen LogP contribution >= 0.6 is 11.3 Å². The van der Waals surface area contributed by atoms with Crippen LogP contribution in [-0.2, 0) is 0 Å². The van der Waals surface area contributed by atoms with Crippen LogP contribution < -0.4 is 10.1 Å². The Balaban J connectivity index is 1.61. The quantitative estimate of drug-likeness (QED) is 0.391. The van der Waals surface area contributed by atoms with Gasteiger partial charge in [0.15, 0.2) is 5.82 Å². The van der Waals surface area contributed by atoms with Crippen molar-refractivity contribution in [3.8, 4) is 17.1 Å². The molecule has 0 aliphatic heterocycles. The second-order valence-corrected chi connectivity index (χ2v) is 7.90. The molecule has 0 aliphatic rings. The minimum absolute atomic E-state index is 0.149. The summed E-state index contributed by atoms with van der Waals surface area (Å²) in [4.78, 5) is 8.06. The van der Waals surface area contributed by atoms with E-state index in [0.29, 0.717) is 5.82 Å². The van der Waals surface area contributed by atoms with Gasteiger partial charge in [0, 0.05) is 26.7 Å². The Morgan fingerprint density at radius 2 is 1.90 bits per heavy atom. The molecule has 2 aromatic carbocycles. The van der Waals surface area contributed by atoms with Crippen molar-refractivity contribution < 1.29 is 4.74 Å². The molecule has 144 valence electrons. The van der Waals surface area contributed by atoms with Crippen molar-refractivity contribution in [2.75, 3.05) is 5.32 Å². The van der Waals surface area contributed by atoms with Gasteiger partial charge < -0.3 is 15.0 Å². The van der Waals surface area contributed by atoms with Crippen LogP contribution in [0.5, 0.6) is 5.75 Å². The smallest absolute Gasteiger partial charge is 0.163 e. The summed E-state index contributed by atoms with van der Waals surface area (Å²) < 4.78 is 6.93. The fourth-order valence-corrected chi connectivity index (χ4v) is 4.30. The number of pyridine rings is 1. The molecule has 0 aliphatic carbocycles. The first-order chi connectivity index (χ1) is 14.2. The third kappa shape index (κ3) is 3.30. The van der Waals surface area contributed by atoms with Gasteiger partial charge in [-0.05, 0) is 55.6 Å². The molecule has 0 spiro atoms. The number of aromatic amines is 1. The molecule has 0 saturated carbocycles. The number of ether oxygens (including phenoxy) is 1. The average Bonchev–Trinajstić information content (AvgIpc) is 3.41. The van der Waals surface area contributed by atoms with Gasteiger partial charge in [0.05, 0.1) is 11.6 Å². The first-order valence-corrected chi connectivity index (χ1v) is 10.3. The molecule has 0 atom stereocenters. The number of para-hydroxylation sites is 1. The molecular weight excluding hydrogens is 382 g/mol. The number of anilines is 2. The van der Waals surface area contributed by atoms with Crippen molar-refractivity contribution >= 4 is 43.8 Å². The molecule has 0 radical (unpaired) electrons. The van der Waals surface area contributed by atoms with Crippen molar-refractivity contribution in [2.45, 2.75) is 20.0 Å². The van der Waals surface area contributed by atoms with Crippen LogP contribution in [0.15, 0.2) is 60.2 Å². The number of hydrogen-bond donors (Lipinski definition) is 2. The zero-order chi connectivity index (χ0) is 19.8. The highest BCUT2D eigenvalue weighted by Crippen LogP contribution is 2.37. The van der Waals surface area contributed by atoms with Crippen LogP contribution in [0.2, 0.25) is 0 Å². The van der Waals surface area contributed by atoms with Crippen LogP contribution in [0, 0.1) is 0 Å². The summed E-state index contributed by atoms with van der Waals surface area (Å²) in [5.74, 6) is 2.38. The Hall–Kier alpha value is -3.45. The minimum atomic E-state index is 0.149. The van der Waals surface area contributed by atoms with Crippen molar-refractivity contribution in [2.24, 2.45) is 0 Å². The molecule has 5 rings (SSSR count). The summed E-state index contributed by atoms with van der Waals surface area (Å²) in [6.07, 6.45) is 1.73. The molecule has 2 N–H and O–H groups in total. The van der Waals surface area contributed by atoms with E-state index in [1.54, 1.807) is 17.7 Å². The Labute approximate surface area is 171 Å². The lowest BCUT2D eigenvalue weighted by Crippen LogP contribution is -2.05. The van der Waals surface area contributed by atoms with Gasteiger partial charge in [-0.3, -0.25) is 0 Å². The van der Waals surface area contributed by atoms with E-state index < -0.39 is 0 Å². The minimum Gasteiger partial charge on any atom is -0.491 e. The van der Waals surface area contributed by atoms with Gasteiger partial charge in [-0.15, -0.1) is 21.5 Å². The van der Waals surface area contributed by atoms with Gasteiger partial charge in [-0.1, -0.05) is 12.1 Å². The maximum absolute atomic E-state index is 5.73. The Kier molecular flexibility index (Phi) is 4.37. The van der Waals surface area contributed by atoms with Crippen molar-refractivity contribution in [1.29, 1.82) is 0 Å². The predicted octanol–water partition coefficient (Wildman–Crippen LogP) is 5.77. The monoisotopic (exact) mass is 401 g/mol. The molecule has 29 heavy (non-hydrogen) atoms. The average molecular weight is 401 g/mol. The lowest BCUT2D eigenvalue weighted by atomic mass is 10.1. The van der Waals surface area contributed by atoms with Gasteiger partial charge in [0.25, 0.3) is 0 Å². The molecule has 0 fully saturated rings. The van der Waals surface area contributed by atoms with Gasteiger partial charge >= 0.3 is 0 Å². The number of fused-ring (bicyclic) bond motifs is 3. The number of thiophene rings is 1. The lowest BCUT2D eigenvalue weighted by molar-refractivity contribution is 0.242. The number of nitrogens with zero attached hydrogens (tertiary/aromatic N) is 3. The van der Waals surface area contributed by atoms with Gasteiger partial charge in [0.1, 0.15) is 17.9 Å². The third-order valence-corrected chi connectivity index (χ3v) is 5.53. The number of benzene rings is 2. The standard InChI is InChI=1S/C22H19N5OS/c1-13(2)28-15-8-6-14(7-9-15)25-22-18-10-11-29-20(18)16-4-3-5-17(19(16)26-22)21-23-12-24-27-21/h3-13H,1-2H3,(H,25,26)(H,23,24,27). The van der Waals surface area contributed by atoms with E-state index in [9.17, 15) is 0 Å². The van der Waals surface area contributed by atoms with E-state index in [-0.39, 0.29) is 6.10 Å². The number of nitrogens with one attached hydrogen (secondary N) is 2. The van der Waals surface area contributed by atoms with Crippen molar-refractivity contribution in [1.82, 2.24) is 20.2 Å². The third-order valence-electron chi connectivity index (χ3n) is 4.59. The Morgan fingerprint density at radius 1 is 1.03 bits per heavy atom. The summed E-state index contributed by atoms with van der Waals surface area (Å²) in [5.41, 5.74) is 2.78. The van der Waals surface area contributed by atoms with E-state index in [2.05, 4.69) is 38.0 Å². The topological polar surface area (TPSA) is 75.7 Å². The molecule has 5 aromatic rings. The van der Waals surface area contributed by atoms with E-state index in [4.69, 9.17) is 9.72 Å². The SMILES string of the molecule is CC(C)Oc1ccc(Nc2nc3c(-c4nnc[nH]4)cccc3c3sccc23)cc1. The normalized spacial score (nSPS) is 11.4. The number of rotatable bonds is 5. The molecule has 0 saturated heterocycles. The highest BCUT2D eigenvalue weighted by Gasteiger charge is 2.15. The summed E-state index contributed by atoms with van der Waals surface area (Å²) >= 11 is 1.71. The molecule has 0 amide bonds. The highest BCUT2D eigenvalue weighted by molar-refractivity contribution is 7.18. The van der Waals surface area contributed by atoms with Gasteiger partial charge in [-0.2, -0.15) is 0 Å². The van der Waals surface area contributed by atoms with Crippen LogP contribution in [0.25, 0.3) is 32.4 Å². The van der Waals surface area contributed by atoms with E-state index in [0.717, 1.165) is 39.1 Å². The Morgan fingerprint density at radius 3 is 2.66 bits per heavy atom. The summed E-state index contributed by atoms with van der Waals surface area (Å²) in [6, 6.07) is 16.2. The molecule has 7 heteroatoms. The van der Waals surface area contributed by atoms with E-state index >= 15 is 0 Å². The second kappa shape index (κ2) is 7.18. The first-order valence-electron chi connectivity index (χ1n) is 9.39. The number of aromatic nitrogens is 4. The molecular formula is C22H19N5OS. The van der Waals surface area contributed by atoms with Crippen molar-refractivity contribution in [3.63, 3.8) is 0 Å². The van der Waals surface area contributed by atoms with Crippen LogP contribution in [0.1, 0.15) is 13.8 Å². The number of H-pyrrole nitrogens is 1. The summed E-state index contributed by atoms with van der Waals surface area (Å²) in [7, 11) is 0. The van der Waals surface area contributed by atoms with Crippen LogP contribution in [0.3, 0.4) is 0 Å². The number of hydrogen-bond acceptors (Lipinski definition) is 6. The second-order valence-electron chi connectivity index (χ2n) is 6.98. The molecule has 0 bridgehead atoms. The molecule has 6 nitrogen and oxygen atoms in total. The lowest BCUT2D eigenvalue weighted by Gasteiger charge is -2.13. The van der Waals surface area contributed by atoms with Gasteiger partial charge in [0.2, 0.25) is 0 Å². The molecule has 3 heterocycles. The fourth-order valence-electron chi connectivity index (χ4n) is 3.37. The van der Waals surface area contributed by atoms with Crippen LogP contribution in [0.4, 0.5) is 11.5 Å². The maximum atomic E-state index is 5.73. The highest BCUT2D eigenvalue weighted by atomic mass is 32.1. The van der Waals surface area contributed by atoms with Crippen molar-refractivity contribution in [3.05, 3.63) is 60.2 Å².